The number of ether oxygens (including phenoxy) is 2. The van der Waals surface area contributed by atoms with Crippen LogP contribution in [0.4, 0.5) is 0 Å². The highest BCUT2D eigenvalue weighted by Gasteiger charge is 2.31. The summed E-state index contributed by atoms with van der Waals surface area (Å²) in [5.74, 6) is 1.06. The van der Waals surface area contributed by atoms with Gasteiger partial charge >= 0.3 is 0 Å². The highest BCUT2D eigenvalue weighted by molar-refractivity contribution is 7.89. The summed E-state index contributed by atoms with van der Waals surface area (Å²) in [6.45, 7) is 8.56. The molecule has 0 bridgehead atoms. The maximum absolute atomic E-state index is 13.9. The van der Waals surface area contributed by atoms with Crippen molar-refractivity contribution < 1.29 is 22.7 Å². The van der Waals surface area contributed by atoms with Crippen molar-refractivity contribution in [3.63, 3.8) is 0 Å². The van der Waals surface area contributed by atoms with Gasteiger partial charge < -0.3 is 14.4 Å². The highest BCUT2D eigenvalue weighted by Crippen LogP contribution is 2.28. The fourth-order valence-corrected chi connectivity index (χ4v) is 7.31. The lowest BCUT2D eigenvalue weighted by atomic mass is 10.1. The number of unbranched alkanes of at least 4 members (excludes halogenated alkanes) is 1. The Hall–Kier alpha value is -2.88. The molecular formula is C30H40N2O5S2. The number of methoxy groups -OCH3 is 2. The van der Waals surface area contributed by atoms with E-state index >= 15 is 0 Å². The number of nitrogens with zero attached hydrogens (tertiary/aromatic N) is 2. The summed E-state index contributed by atoms with van der Waals surface area (Å²) in [4.78, 5) is 16.9. The molecule has 1 aromatic heterocycles. The van der Waals surface area contributed by atoms with E-state index in [0.717, 1.165) is 22.4 Å². The molecule has 1 amide bonds. The highest BCUT2D eigenvalue weighted by atomic mass is 32.2. The molecule has 0 N–H and O–H groups in total. The van der Waals surface area contributed by atoms with Crippen LogP contribution in [0.1, 0.15) is 46.9 Å². The van der Waals surface area contributed by atoms with Crippen LogP contribution in [0.15, 0.2) is 52.7 Å². The molecule has 3 aromatic rings. The molecule has 39 heavy (non-hydrogen) atoms. The largest absolute Gasteiger partial charge is 0.493 e. The van der Waals surface area contributed by atoms with Crippen LogP contribution in [0, 0.1) is 20.8 Å². The Labute approximate surface area is 237 Å². The molecule has 0 saturated carbocycles. The molecular weight excluding hydrogens is 532 g/mol. The molecule has 7 nitrogen and oxygen atoms in total. The fourth-order valence-electron chi connectivity index (χ4n) is 4.76. The Morgan fingerprint density at radius 1 is 0.949 bits per heavy atom. The van der Waals surface area contributed by atoms with E-state index in [1.54, 1.807) is 30.5 Å². The van der Waals surface area contributed by atoms with Crippen molar-refractivity contribution in [1.82, 2.24) is 9.21 Å². The van der Waals surface area contributed by atoms with Gasteiger partial charge in [0, 0.05) is 18.0 Å². The zero-order chi connectivity index (χ0) is 28.6. The molecule has 0 aliphatic heterocycles. The first-order chi connectivity index (χ1) is 18.6. The van der Waals surface area contributed by atoms with Gasteiger partial charge in [-0.2, -0.15) is 4.31 Å². The van der Waals surface area contributed by atoms with Crippen LogP contribution < -0.4 is 9.47 Å². The second-order valence-electron chi connectivity index (χ2n) is 9.75. The maximum Gasteiger partial charge on any atom is 0.244 e. The Balaban J connectivity index is 1.88. The van der Waals surface area contributed by atoms with Crippen molar-refractivity contribution in [1.29, 1.82) is 0 Å². The summed E-state index contributed by atoms with van der Waals surface area (Å²) < 4.78 is 40.0. The molecule has 3 rings (SSSR count). The second-order valence-corrected chi connectivity index (χ2v) is 12.7. The third-order valence-electron chi connectivity index (χ3n) is 6.67. The molecule has 212 valence electrons. The van der Waals surface area contributed by atoms with Crippen molar-refractivity contribution in [2.24, 2.45) is 0 Å². The molecule has 0 fully saturated rings. The Morgan fingerprint density at radius 3 is 2.23 bits per heavy atom. The first-order valence-corrected chi connectivity index (χ1v) is 15.5. The number of sulfonamides is 1. The number of carbonyl (C=O) groups is 1. The summed E-state index contributed by atoms with van der Waals surface area (Å²) in [6, 6.07) is 13.4. The van der Waals surface area contributed by atoms with Gasteiger partial charge in [-0.15, -0.1) is 11.3 Å². The van der Waals surface area contributed by atoms with Crippen LogP contribution in [0.5, 0.6) is 11.5 Å². The molecule has 1 heterocycles. The van der Waals surface area contributed by atoms with E-state index < -0.39 is 10.0 Å². The second kappa shape index (κ2) is 14.0. The van der Waals surface area contributed by atoms with Gasteiger partial charge in [-0.05, 0) is 73.9 Å². The van der Waals surface area contributed by atoms with Crippen molar-refractivity contribution in [3.8, 4) is 11.5 Å². The minimum atomic E-state index is -3.87. The third kappa shape index (κ3) is 7.84. The summed E-state index contributed by atoms with van der Waals surface area (Å²) in [5.41, 5.74) is 3.41. The molecule has 0 spiro atoms. The minimum absolute atomic E-state index is 0.202. The van der Waals surface area contributed by atoms with E-state index in [4.69, 9.17) is 9.47 Å². The average Bonchev–Trinajstić information content (AvgIpc) is 3.40. The molecule has 0 atom stereocenters. The number of benzene rings is 2. The van der Waals surface area contributed by atoms with E-state index in [0.29, 0.717) is 60.0 Å². The molecule has 0 aliphatic rings. The molecule has 0 aliphatic carbocycles. The van der Waals surface area contributed by atoms with Crippen LogP contribution in [-0.2, 0) is 27.8 Å². The summed E-state index contributed by atoms with van der Waals surface area (Å²) in [6.07, 6.45) is 2.09. The SMILES string of the molecule is CCCCN(CC(=O)N(CCc1ccc(OC)c(OC)c1)Cc1cccs1)S(=O)(=O)c1c(C)cc(C)cc1C. The predicted octanol–water partition coefficient (Wildman–Crippen LogP) is 5.75. The van der Waals surface area contributed by atoms with Crippen LogP contribution in [-0.4, -0.2) is 57.4 Å². The lowest BCUT2D eigenvalue weighted by Gasteiger charge is -2.28. The van der Waals surface area contributed by atoms with Crippen LogP contribution >= 0.6 is 11.3 Å². The Bertz CT molecular complexity index is 1330. The lowest BCUT2D eigenvalue weighted by molar-refractivity contribution is -0.132. The van der Waals surface area contributed by atoms with Crippen molar-refractivity contribution >= 4 is 27.3 Å². The Morgan fingerprint density at radius 2 is 1.64 bits per heavy atom. The number of rotatable bonds is 14. The van der Waals surface area contributed by atoms with E-state index in [9.17, 15) is 13.2 Å². The van der Waals surface area contributed by atoms with Gasteiger partial charge in [0.05, 0.1) is 32.2 Å². The summed E-state index contributed by atoms with van der Waals surface area (Å²) >= 11 is 1.58. The van der Waals surface area contributed by atoms with Crippen molar-refractivity contribution in [2.45, 2.75) is 58.4 Å². The van der Waals surface area contributed by atoms with Gasteiger partial charge in [-0.25, -0.2) is 8.42 Å². The van der Waals surface area contributed by atoms with Gasteiger partial charge in [-0.1, -0.05) is 43.2 Å². The molecule has 2 aromatic carbocycles. The quantitative estimate of drug-likeness (QED) is 0.246. The third-order valence-corrected chi connectivity index (χ3v) is 9.69. The van der Waals surface area contributed by atoms with E-state index in [-0.39, 0.29) is 12.5 Å². The predicted molar refractivity (Wildman–Crippen MR) is 157 cm³/mol. The van der Waals surface area contributed by atoms with Crippen LogP contribution in [0.2, 0.25) is 0 Å². The fraction of sp³-hybridized carbons (Fsp3) is 0.433. The van der Waals surface area contributed by atoms with Gasteiger partial charge in [0.15, 0.2) is 11.5 Å². The lowest BCUT2D eigenvalue weighted by Crippen LogP contribution is -2.44. The summed E-state index contributed by atoms with van der Waals surface area (Å²) in [7, 11) is -0.679. The number of hydrogen-bond acceptors (Lipinski definition) is 6. The number of carbonyl (C=O) groups excluding carboxylic acids is 1. The van der Waals surface area contributed by atoms with Gasteiger partial charge in [0.1, 0.15) is 0 Å². The van der Waals surface area contributed by atoms with Crippen LogP contribution in [0.25, 0.3) is 0 Å². The van der Waals surface area contributed by atoms with Gasteiger partial charge in [0.25, 0.3) is 0 Å². The first-order valence-electron chi connectivity index (χ1n) is 13.2. The van der Waals surface area contributed by atoms with E-state index in [1.165, 1.54) is 4.31 Å². The van der Waals surface area contributed by atoms with Crippen molar-refractivity contribution in [2.75, 3.05) is 33.9 Å². The zero-order valence-corrected chi connectivity index (χ0v) is 25.5. The number of hydrogen-bond donors (Lipinski definition) is 0. The molecule has 9 heteroatoms. The number of aryl methyl sites for hydroxylation is 3. The van der Waals surface area contributed by atoms with E-state index in [2.05, 4.69) is 0 Å². The smallest absolute Gasteiger partial charge is 0.244 e. The number of thiophene rings is 1. The maximum atomic E-state index is 13.9. The monoisotopic (exact) mass is 572 g/mol. The van der Waals surface area contributed by atoms with Gasteiger partial charge in [0.2, 0.25) is 15.9 Å². The Kier molecular flexibility index (Phi) is 11.0. The topological polar surface area (TPSA) is 76.2 Å². The molecule has 0 saturated heterocycles. The zero-order valence-electron chi connectivity index (χ0n) is 23.8. The minimum Gasteiger partial charge on any atom is -0.493 e. The molecule has 0 radical (unpaired) electrons. The average molecular weight is 573 g/mol. The first kappa shape index (κ1) is 30.7. The van der Waals surface area contributed by atoms with Gasteiger partial charge in [-0.3, -0.25) is 4.79 Å². The van der Waals surface area contributed by atoms with Crippen molar-refractivity contribution in [3.05, 3.63) is 75.0 Å². The normalized spacial score (nSPS) is 11.6. The standard InChI is InChI=1S/C30H40N2O5S2/c1-7-8-14-32(39(34,35)30-23(3)17-22(2)18-24(30)4)21-29(33)31(20-26-10-9-16-38-26)15-13-25-11-12-27(36-5)28(19-25)37-6/h9-12,16-19H,7-8,13-15,20-21H2,1-6H3. The summed E-state index contributed by atoms with van der Waals surface area (Å²) in [5, 5.41) is 1.98. The van der Waals surface area contributed by atoms with Crippen LogP contribution in [0.3, 0.4) is 0 Å². The number of amides is 1. The molecule has 0 unspecified atom stereocenters. The van der Waals surface area contributed by atoms with E-state index in [1.807, 2.05) is 75.5 Å².